The van der Waals surface area contributed by atoms with E-state index in [1.165, 1.54) is 53.4 Å². The van der Waals surface area contributed by atoms with Crippen LogP contribution in [0.25, 0.3) is 11.2 Å². The van der Waals surface area contributed by atoms with Crippen molar-refractivity contribution in [3.05, 3.63) is 64.0 Å². The van der Waals surface area contributed by atoms with E-state index in [9.17, 15) is 4.79 Å². The Hall–Kier alpha value is -3.49. The average molecular weight is 441 g/mol. The van der Waals surface area contributed by atoms with Gasteiger partial charge in [-0.2, -0.15) is 4.98 Å². The molecule has 4 aromatic rings. The minimum absolute atomic E-state index is 0.0485. The molecule has 0 amide bonds. The quantitative estimate of drug-likeness (QED) is 0.477. The number of aryl methyl sites for hydroxylation is 3. The SMILES string of the molecule is Cn1cnc2ncn(Cc3nc([C@@]45C6[C@H]4[C@H]5CN6c4ccc5c(c4)CCCC5)no3)c(=O)c21. The van der Waals surface area contributed by atoms with Crippen molar-refractivity contribution in [3.8, 4) is 0 Å². The second-order valence-electron chi connectivity index (χ2n) is 10.0. The van der Waals surface area contributed by atoms with Gasteiger partial charge in [-0.25, -0.2) is 9.97 Å². The van der Waals surface area contributed by atoms with E-state index in [4.69, 9.17) is 9.51 Å². The van der Waals surface area contributed by atoms with Gasteiger partial charge in [0.15, 0.2) is 17.0 Å². The van der Waals surface area contributed by atoms with E-state index in [0.717, 1.165) is 12.4 Å². The summed E-state index contributed by atoms with van der Waals surface area (Å²) in [6.07, 6.45) is 8.12. The number of fused-ring (bicyclic) bond motifs is 3. The number of benzene rings is 1. The molecule has 3 aliphatic carbocycles. The summed E-state index contributed by atoms with van der Waals surface area (Å²) >= 11 is 0. The van der Waals surface area contributed by atoms with Crippen LogP contribution in [0, 0.1) is 11.8 Å². The summed E-state index contributed by atoms with van der Waals surface area (Å²) in [6, 6.07) is 7.52. The molecule has 9 nitrogen and oxygen atoms in total. The molecule has 5 heterocycles. The fourth-order valence-electron chi connectivity index (χ4n) is 6.73. The molecule has 4 fully saturated rings. The van der Waals surface area contributed by atoms with Crippen LogP contribution >= 0.6 is 0 Å². The molecule has 2 aliphatic heterocycles. The standard InChI is InChI=1S/C24H23N7O2/c1-29-11-25-21-19(29)22(32)30(12-26-21)10-17-27-23(28-33-17)24-16-9-31(20(24)18(16)24)15-7-6-13-4-2-3-5-14(13)8-15/h6-8,11-12,16,18,20H,2-5,9-10H2,1H3/t16-,18-,20?,24-/m1/s1. The lowest BCUT2D eigenvalue weighted by Crippen LogP contribution is -2.24. The largest absolute Gasteiger partial charge is 0.367 e. The maximum Gasteiger partial charge on any atom is 0.280 e. The van der Waals surface area contributed by atoms with Gasteiger partial charge < -0.3 is 14.0 Å². The summed E-state index contributed by atoms with van der Waals surface area (Å²) in [5.74, 6) is 2.50. The number of aromatic nitrogens is 6. The van der Waals surface area contributed by atoms with Crippen molar-refractivity contribution in [2.45, 2.75) is 43.7 Å². The van der Waals surface area contributed by atoms with Gasteiger partial charge >= 0.3 is 0 Å². The molecule has 9 heteroatoms. The molecule has 0 spiro atoms. The van der Waals surface area contributed by atoms with Crippen molar-refractivity contribution >= 4 is 16.9 Å². The van der Waals surface area contributed by atoms with Gasteiger partial charge in [0.1, 0.15) is 12.9 Å². The highest BCUT2D eigenvalue weighted by atomic mass is 16.5. The number of hydrogen-bond donors (Lipinski definition) is 0. The fourth-order valence-corrected chi connectivity index (χ4v) is 6.73. The third-order valence-electron chi connectivity index (χ3n) is 8.46. The molecule has 3 aromatic heterocycles. The Labute approximate surface area is 189 Å². The highest BCUT2D eigenvalue weighted by Gasteiger charge is 2.95. The first kappa shape index (κ1) is 18.0. The number of anilines is 1. The average Bonchev–Trinajstić information content (AvgIpc) is 3.29. The van der Waals surface area contributed by atoms with Crippen LogP contribution in [-0.2, 0) is 31.8 Å². The van der Waals surface area contributed by atoms with Gasteiger partial charge in [0, 0.05) is 31.2 Å². The summed E-state index contributed by atoms with van der Waals surface area (Å²) in [7, 11) is 1.79. The summed E-state index contributed by atoms with van der Waals surface area (Å²) < 4.78 is 8.78. The lowest BCUT2D eigenvalue weighted by atomic mass is 9.91. The Bertz CT molecular complexity index is 1510. The van der Waals surface area contributed by atoms with Gasteiger partial charge in [0.05, 0.1) is 11.7 Å². The number of rotatable bonds is 4. The van der Waals surface area contributed by atoms with Gasteiger partial charge in [-0.15, -0.1) is 0 Å². The van der Waals surface area contributed by atoms with E-state index in [1.807, 2.05) is 0 Å². The minimum atomic E-state index is -0.160. The van der Waals surface area contributed by atoms with Crippen LogP contribution in [-0.4, -0.2) is 41.8 Å². The molecule has 1 aromatic carbocycles. The first-order valence-electron chi connectivity index (χ1n) is 11.7. The molecule has 33 heavy (non-hydrogen) atoms. The molecule has 4 atom stereocenters. The van der Waals surface area contributed by atoms with E-state index >= 15 is 0 Å². The topological polar surface area (TPSA) is 94.9 Å². The maximum atomic E-state index is 12.8. The lowest BCUT2D eigenvalue weighted by Gasteiger charge is -2.23. The van der Waals surface area contributed by atoms with Crippen LogP contribution in [0.2, 0.25) is 0 Å². The predicted molar refractivity (Wildman–Crippen MR) is 119 cm³/mol. The van der Waals surface area contributed by atoms with Crippen LogP contribution < -0.4 is 10.5 Å². The first-order valence-corrected chi connectivity index (χ1v) is 11.7. The monoisotopic (exact) mass is 441 g/mol. The highest BCUT2D eigenvalue weighted by molar-refractivity contribution is 5.69. The Balaban J connectivity index is 1.06. The van der Waals surface area contributed by atoms with Crippen molar-refractivity contribution in [2.24, 2.45) is 18.9 Å². The van der Waals surface area contributed by atoms with Crippen LogP contribution in [0.1, 0.15) is 35.7 Å². The molecule has 9 rings (SSSR count). The first-order chi connectivity index (χ1) is 16.2. The van der Waals surface area contributed by atoms with E-state index in [1.54, 1.807) is 17.9 Å². The third kappa shape index (κ3) is 2.20. The zero-order chi connectivity index (χ0) is 21.9. The molecule has 166 valence electrons. The second kappa shape index (κ2) is 5.89. The Morgan fingerprint density at radius 1 is 1.15 bits per heavy atom. The van der Waals surface area contributed by atoms with E-state index < -0.39 is 0 Å². The van der Waals surface area contributed by atoms with Gasteiger partial charge in [0.25, 0.3) is 5.56 Å². The fraction of sp³-hybridized carbons (Fsp3) is 0.458. The predicted octanol–water partition coefficient (Wildman–Crippen LogP) is 1.83. The van der Waals surface area contributed by atoms with E-state index in [0.29, 0.717) is 34.9 Å². The lowest BCUT2D eigenvalue weighted by molar-refractivity contribution is 0.362. The minimum Gasteiger partial charge on any atom is -0.367 e. The number of imidazole rings is 1. The highest BCUT2D eigenvalue weighted by Crippen LogP contribution is 2.85. The molecule has 1 unspecified atom stereocenters. The Morgan fingerprint density at radius 2 is 2.00 bits per heavy atom. The van der Waals surface area contributed by atoms with Crippen molar-refractivity contribution < 1.29 is 4.52 Å². The normalized spacial score (nSPS) is 28.8. The Morgan fingerprint density at radius 3 is 2.88 bits per heavy atom. The van der Waals surface area contributed by atoms with Crippen LogP contribution in [0.5, 0.6) is 0 Å². The number of hydrogen-bond acceptors (Lipinski definition) is 7. The summed E-state index contributed by atoms with van der Waals surface area (Å²) in [6.45, 7) is 1.28. The van der Waals surface area contributed by atoms with Crippen molar-refractivity contribution in [1.82, 2.24) is 29.2 Å². The molecular formula is C24H23N7O2. The molecule has 2 saturated carbocycles. The summed E-state index contributed by atoms with van der Waals surface area (Å²) in [5, 5.41) is 4.36. The van der Waals surface area contributed by atoms with Crippen molar-refractivity contribution in [2.75, 3.05) is 11.4 Å². The van der Waals surface area contributed by atoms with Crippen LogP contribution in [0.15, 0.2) is 40.2 Å². The van der Waals surface area contributed by atoms with Gasteiger partial charge in [-0.3, -0.25) is 9.36 Å². The van der Waals surface area contributed by atoms with Gasteiger partial charge in [-0.05, 0) is 54.9 Å². The molecular weight excluding hydrogens is 418 g/mol. The molecule has 2 bridgehead atoms. The summed E-state index contributed by atoms with van der Waals surface area (Å²) in [5.41, 5.74) is 5.20. The number of nitrogens with zero attached hydrogens (tertiary/aromatic N) is 7. The zero-order valence-electron chi connectivity index (χ0n) is 18.3. The number of piperidine rings is 1. The zero-order valence-corrected chi connectivity index (χ0v) is 18.3. The summed E-state index contributed by atoms with van der Waals surface area (Å²) in [4.78, 5) is 28.5. The van der Waals surface area contributed by atoms with Gasteiger partial charge in [-0.1, -0.05) is 11.2 Å². The van der Waals surface area contributed by atoms with E-state index in [2.05, 4.69) is 38.2 Å². The molecule has 0 N–H and O–H groups in total. The van der Waals surface area contributed by atoms with Crippen molar-refractivity contribution in [1.29, 1.82) is 0 Å². The Kier molecular flexibility index (Phi) is 3.21. The third-order valence-corrected chi connectivity index (χ3v) is 8.46. The molecule has 2 saturated heterocycles. The van der Waals surface area contributed by atoms with Gasteiger partial charge in [0.2, 0.25) is 5.89 Å². The van der Waals surface area contributed by atoms with Crippen molar-refractivity contribution in [3.63, 3.8) is 0 Å². The second-order valence-corrected chi connectivity index (χ2v) is 10.0. The van der Waals surface area contributed by atoms with Crippen LogP contribution in [0.3, 0.4) is 0 Å². The smallest absolute Gasteiger partial charge is 0.280 e. The molecule has 0 radical (unpaired) electrons. The van der Waals surface area contributed by atoms with E-state index in [-0.39, 0.29) is 17.5 Å². The molecule has 5 aliphatic rings. The van der Waals surface area contributed by atoms with Crippen LogP contribution in [0.4, 0.5) is 5.69 Å². The maximum absolute atomic E-state index is 12.8.